The molecule has 2 N–H and O–H groups in total. The summed E-state index contributed by atoms with van der Waals surface area (Å²) in [6.45, 7) is 0.362. The molecule has 0 saturated carbocycles. The molecule has 0 unspecified atom stereocenters. The van der Waals surface area contributed by atoms with Crippen molar-refractivity contribution in [2.24, 2.45) is 0 Å². The van der Waals surface area contributed by atoms with Crippen LogP contribution in [0.1, 0.15) is 22.7 Å². The van der Waals surface area contributed by atoms with E-state index in [1.807, 2.05) is 24.3 Å². The number of pyridine rings is 1. The van der Waals surface area contributed by atoms with Crippen molar-refractivity contribution in [2.75, 3.05) is 11.9 Å². The number of aromatic amines is 1. The van der Waals surface area contributed by atoms with Gasteiger partial charge in [0, 0.05) is 40.5 Å². The van der Waals surface area contributed by atoms with E-state index in [0.717, 1.165) is 11.1 Å². The molecule has 0 spiro atoms. The van der Waals surface area contributed by atoms with Crippen LogP contribution in [0.2, 0.25) is 5.02 Å². The number of rotatable bonds is 5. The van der Waals surface area contributed by atoms with E-state index in [2.05, 4.69) is 25.8 Å². The molecule has 198 valence electrons. The van der Waals surface area contributed by atoms with Crippen molar-refractivity contribution < 1.29 is 9.59 Å². The minimum atomic E-state index is -0.852. The van der Waals surface area contributed by atoms with Gasteiger partial charge in [-0.05, 0) is 81.9 Å². The number of H-pyrrole nitrogens is 1. The summed E-state index contributed by atoms with van der Waals surface area (Å²) in [5, 5.41) is 15.9. The Labute approximate surface area is 232 Å². The van der Waals surface area contributed by atoms with E-state index >= 15 is 0 Å². The zero-order valence-corrected chi connectivity index (χ0v) is 21.7. The van der Waals surface area contributed by atoms with Crippen LogP contribution in [0.3, 0.4) is 0 Å². The lowest BCUT2D eigenvalue weighted by atomic mass is 9.91. The minimum Gasteiger partial charge on any atom is -0.329 e. The fourth-order valence-electron chi connectivity index (χ4n) is 4.96. The van der Waals surface area contributed by atoms with Gasteiger partial charge in [0.1, 0.15) is 12.4 Å². The summed E-state index contributed by atoms with van der Waals surface area (Å²) in [6.07, 6.45) is 6.70. The van der Waals surface area contributed by atoms with Crippen molar-refractivity contribution in [3.63, 3.8) is 0 Å². The van der Waals surface area contributed by atoms with Gasteiger partial charge >= 0.3 is 0 Å². The van der Waals surface area contributed by atoms with E-state index < -0.39 is 6.04 Å². The SMILES string of the molecule is O=C(Nc1ccc2c(=O)[nH]ccc2c1)[C@@H]1c2ccccc2CCN1C(=O)C=Cc1cc(Cl)ccc1-n1cnnn1. The molecular formula is C29H22ClN7O3. The monoisotopic (exact) mass is 551 g/mol. The number of anilines is 1. The summed E-state index contributed by atoms with van der Waals surface area (Å²) >= 11 is 6.22. The molecule has 2 aromatic heterocycles. The molecular weight excluding hydrogens is 530 g/mol. The highest BCUT2D eigenvalue weighted by Crippen LogP contribution is 2.32. The number of hydrogen-bond acceptors (Lipinski definition) is 6. The average Bonchev–Trinajstić information content (AvgIpc) is 3.50. The first-order valence-electron chi connectivity index (χ1n) is 12.5. The molecule has 1 aliphatic rings. The van der Waals surface area contributed by atoms with Crippen LogP contribution in [0, 0.1) is 0 Å². The summed E-state index contributed by atoms with van der Waals surface area (Å²) in [6, 6.07) is 18.8. The third-order valence-electron chi connectivity index (χ3n) is 6.85. The molecule has 0 radical (unpaired) electrons. The van der Waals surface area contributed by atoms with Gasteiger partial charge in [0.05, 0.1) is 5.69 Å². The highest BCUT2D eigenvalue weighted by molar-refractivity contribution is 6.30. The van der Waals surface area contributed by atoms with Crippen LogP contribution in [0.5, 0.6) is 0 Å². The second-order valence-electron chi connectivity index (χ2n) is 9.27. The number of benzene rings is 3. The molecule has 0 bridgehead atoms. The third kappa shape index (κ3) is 4.87. The van der Waals surface area contributed by atoms with Gasteiger partial charge in [-0.25, -0.2) is 0 Å². The largest absolute Gasteiger partial charge is 0.329 e. The maximum atomic E-state index is 13.7. The van der Waals surface area contributed by atoms with Crippen LogP contribution < -0.4 is 10.9 Å². The first-order chi connectivity index (χ1) is 19.5. The van der Waals surface area contributed by atoms with Crippen molar-refractivity contribution in [2.45, 2.75) is 12.5 Å². The Morgan fingerprint density at radius 3 is 2.80 bits per heavy atom. The lowest BCUT2D eigenvalue weighted by Gasteiger charge is -2.35. The Morgan fingerprint density at radius 1 is 1.07 bits per heavy atom. The first-order valence-corrected chi connectivity index (χ1v) is 12.9. The molecule has 40 heavy (non-hydrogen) atoms. The Kier molecular flexibility index (Phi) is 6.67. The quantitative estimate of drug-likeness (QED) is 0.319. The van der Waals surface area contributed by atoms with Gasteiger partial charge in [0.25, 0.3) is 11.5 Å². The third-order valence-corrected chi connectivity index (χ3v) is 7.08. The predicted octanol–water partition coefficient (Wildman–Crippen LogP) is 3.94. The lowest BCUT2D eigenvalue weighted by Crippen LogP contribution is -2.44. The molecule has 11 heteroatoms. The Morgan fingerprint density at radius 2 is 1.95 bits per heavy atom. The van der Waals surface area contributed by atoms with Crippen LogP contribution in [-0.4, -0.2) is 48.5 Å². The fourth-order valence-corrected chi connectivity index (χ4v) is 5.14. The van der Waals surface area contributed by atoms with Crippen LogP contribution in [0.25, 0.3) is 22.5 Å². The van der Waals surface area contributed by atoms with Gasteiger partial charge < -0.3 is 15.2 Å². The second-order valence-corrected chi connectivity index (χ2v) is 9.71. The van der Waals surface area contributed by atoms with Gasteiger partial charge in [0.2, 0.25) is 5.91 Å². The molecule has 0 saturated heterocycles. The molecule has 2 amide bonds. The smallest absolute Gasteiger partial charge is 0.255 e. The molecule has 1 atom stereocenters. The van der Waals surface area contributed by atoms with E-state index in [4.69, 9.17) is 11.6 Å². The van der Waals surface area contributed by atoms with Crippen molar-refractivity contribution >= 4 is 46.0 Å². The number of hydrogen-bond donors (Lipinski definition) is 2. The lowest BCUT2D eigenvalue weighted by molar-refractivity contribution is -0.135. The van der Waals surface area contributed by atoms with E-state index in [-0.39, 0.29) is 17.4 Å². The van der Waals surface area contributed by atoms with E-state index in [1.165, 1.54) is 17.1 Å². The molecule has 6 rings (SSSR count). The standard InChI is InChI=1S/C29H22ClN7O3/c30-21-6-9-25(37-17-32-34-35-37)20(15-21)5-10-26(38)36-14-12-18-3-1-2-4-23(18)27(36)29(40)33-22-7-8-24-19(16-22)11-13-31-28(24)39/h1-11,13,15-17,27H,12,14H2,(H,31,39)(H,33,40)/t27-/m0/s1. The van der Waals surface area contributed by atoms with E-state index in [9.17, 15) is 14.4 Å². The van der Waals surface area contributed by atoms with Crippen LogP contribution in [0.4, 0.5) is 5.69 Å². The normalized spacial score (nSPS) is 14.8. The summed E-state index contributed by atoms with van der Waals surface area (Å²) in [7, 11) is 0. The summed E-state index contributed by atoms with van der Waals surface area (Å²) < 4.78 is 1.48. The number of tetrazole rings is 1. The molecule has 10 nitrogen and oxygen atoms in total. The Bertz CT molecular complexity index is 1830. The number of nitrogens with zero attached hydrogens (tertiary/aromatic N) is 5. The predicted molar refractivity (Wildman–Crippen MR) is 151 cm³/mol. The number of carbonyl (C=O) groups is 2. The highest BCUT2D eigenvalue weighted by Gasteiger charge is 2.35. The van der Waals surface area contributed by atoms with Gasteiger partial charge in [-0.15, -0.1) is 5.10 Å². The van der Waals surface area contributed by atoms with Gasteiger partial charge in [0.15, 0.2) is 0 Å². The number of fused-ring (bicyclic) bond motifs is 2. The average molecular weight is 552 g/mol. The molecule has 0 aliphatic carbocycles. The topological polar surface area (TPSA) is 126 Å². The van der Waals surface area contributed by atoms with Gasteiger partial charge in [-0.1, -0.05) is 35.9 Å². The summed E-state index contributed by atoms with van der Waals surface area (Å²) in [4.78, 5) is 43.6. The summed E-state index contributed by atoms with van der Waals surface area (Å²) in [5.41, 5.74) is 3.38. The maximum absolute atomic E-state index is 13.7. The minimum absolute atomic E-state index is 0.205. The fraction of sp³-hybridized carbons (Fsp3) is 0.103. The zero-order valence-electron chi connectivity index (χ0n) is 21.0. The van der Waals surface area contributed by atoms with Crippen LogP contribution in [0.15, 0.2) is 90.1 Å². The Hall–Kier alpha value is -5.09. The highest BCUT2D eigenvalue weighted by atomic mass is 35.5. The zero-order chi connectivity index (χ0) is 27.6. The van der Waals surface area contributed by atoms with E-state index in [0.29, 0.717) is 45.7 Å². The Balaban J connectivity index is 1.31. The number of nitrogens with one attached hydrogen (secondary N) is 2. The van der Waals surface area contributed by atoms with Crippen molar-refractivity contribution in [1.82, 2.24) is 30.1 Å². The second kappa shape index (κ2) is 10.6. The van der Waals surface area contributed by atoms with Crippen molar-refractivity contribution in [3.05, 3.63) is 117 Å². The molecule has 3 aromatic carbocycles. The maximum Gasteiger partial charge on any atom is 0.255 e. The first kappa shape index (κ1) is 25.2. The van der Waals surface area contributed by atoms with Gasteiger partial charge in [-0.2, -0.15) is 4.68 Å². The van der Waals surface area contributed by atoms with Crippen LogP contribution >= 0.6 is 11.6 Å². The summed E-state index contributed by atoms with van der Waals surface area (Å²) in [5.74, 6) is -0.683. The van der Waals surface area contributed by atoms with Crippen LogP contribution in [-0.2, 0) is 16.0 Å². The van der Waals surface area contributed by atoms with Crippen molar-refractivity contribution in [3.8, 4) is 5.69 Å². The number of amides is 2. The number of carbonyl (C=O) groups excluding carboxylic acids is 2. The number of halogens is 1. The molecule has 5 aromatic rings. The molecule has 3 heterocycles. The molecule has 0 fully saturated rings. The number of aromatic nitrogens is 5. The van der Waals surface area contributed by atoms with Gasteiger partial charge in [-0.3, -0.25) is 14.4 Å². The van der Waals surface area contributed by atoms with Crippen molar-refractivity contribution in [1.29, 1.82) is 0 Å². The van der Waals surface area contributed by atoms with E-state index in [1.54, 1.807) is 59.6 Å². The molecule has 1 aliphatic heterocycles.